The Labute approximate surface area is 182 Å². The highest BCUT2D eigenvalue weighted by atomic mass is 32.1. The molecule has 2 aromatic carbocycles. The van der Waals surface area contributed by atoms with Crippen LogP contribution in [0.15, 0.2) is 52.9 Å². The largest absolute Gasteiger partial charge is 0.464 e. The van der Waals surface area contributed by atoms with E-state index in [2.05, 4.69) is 20.5 Å². The predicted octanol–water partition coefficient (Wildman–Crippen LogP) is 4.33. The second-order valence-corrected chi connectivity index (χ2v) is 7.77. The van der Waals surface area contributed by atoms with Crippen molar-refractivity contribution in [2.45, 2.75) is 19.8 Å². The van der Waals surface area contributed by atoms with E-state index in [-0.39, 0.29) is 23.5 Å². The van der Waals surface area contributed by atoms with Gasteiger partial charge in [0, 0.05) is 0 Å². The van der Waals surface area contributed by atoms with Crippen LogP contribution in [-0.4, -0.2) is 40.1 Å². The van der Waals surface area contributed by atoms with Crippen molar-refractivity contribution in [3.05, 3.63) is 59.4 Å². The van der Waals surface area contributed by atoms with Crippen molar-refractivity contribution in [1.82, 2.24) is 15.2 Å². The van der Waals surface area contributed by atoms with Crippen LogP contribution >= 0.6 is 11.3 Å². The lowest BCUT2D eigenvalue weighted by Gasteiger charge is -2.03. The Morgan fingerprint density at radius 3 is 2.74 bits per heavy atom. The maximum absolute atomic E-state index is 12.7. The summed E-state index contributed by atoms with van der Waals surface area (Å²) in [5.74, 6) is -1.09. The van der Waals surface area contributed by atoms with E-state index in [4.69, 9.17) is 9.15 Å². The molecule has 0 saturated heterocycles. The number of hydrogen-bond donors (Lipinski definition) is 1. The molecular weight excluding hydrogens is 416 g/mol. The summed E-state index contributed by atoms with van der Waals surface area (Å²) in [7, 11) is 0. The molecule has 0 aliphatic heterocycles. The molecule has 2 heterocycles. The van der Waals surface area contributed by atoms with Crippen LogP contribution in [0.25, 0.3) is 21.3 Å². The summed E-state index contributed by atoms with van der Waals surface area (Å²) in [4.78, 5) is 28.8. The molecule has 2 aromatic heterocycles. The van der Waals surface area contributed by atoms with E-state index in [1.807, 2.05) is 55.5 Å². The fourth-order valence-corrected chi connectivity index (χ4v) is 3.78. The third kappa shape index (κ3) is 4.95. The smallest absolute Gasteiger partial charge is 0.325 e. The molecule has 0 saturated carbocycles. The predicted molar refractivity (Wildman–Crippen MR) is 117 cm³/mol. The molecule has 0 fully saturated rings. The topological polar surface area (TPSA) is 107 Å². The van der Waals surface area contributed by atoms with Gasteiger partial charge in [0.2, 0.25) is 0 Å². The van der Waals surface area contributed by atoms with Gasteiger partial charge in [-0.1, -0.05) is 54.8 Å². The minimum Gasteiger partial charge on any atom is -0.464 e. The highest BCUT2D eigenvalue weighted by molar-refractivity contribution is 7.20. The van der Waals surface area contributed by atoms with Crippen molar-refractivity contribution in [3.8, 4) is 11.1 Å². The van der Waals surface area contributed by atoms with Crippen LogP contribution in [0.5, 0.6) is 0 Å². The normalized spacial score (nSPS) is 10.9. The standard InChI is InChI=1S/C22H20N4O4S/c1-2-3-11-29-18(27)13-23-22-26-25-20(30-22)19(28)21-24-16-10-9-15(12-17(16)31-21)14-7-5-4-6-8-14/h4-10,12H,2-3,11,13H2,1H3,(H,23,26). The third-order valence-electron chi connectivity index (χ3n) is 4.45. The van der Waals surface area contributed by atoms with Crippen molar-refractivity contribution in [1.29, 1.82) is 0 Å². The Kier molecular flexibility index (Phi) is 6.32. The van der Waals surface area contributed by atoms with Gasteiger partial charge in [0.05, 0.1) is 16.8 Å². The average molecular weight is 436 g/mol. The van der Waals surface area contributed by atoms with Crippen molar-refractivity contribution < 1.29 is 18.7 Å². The molecule has 0 spiro atoms. The second kappa shape index (κ2) is 9.48. The Morgan fingerprint density at radius 1 is 1.10 bits per heavy atom. The van der Waals surface area contributed by atoms with Gasteiger partial charge in [-0.25, -0.2) is 4.98 Å². The zero-order valence-corrected chi connectivity index (χ0v) is 17.6. The molecule has 8 nitrogen and oxygen atoms in total. The van der Waals surface area contributed by atoms with Gasteiger partial charge in [0.25, 0.3) is 11.7 Å². The zero-order chi connectivity index (χ0) is 21.6. The van der Waals surface area contributed by atoms with Crippen LogP contribution < -0.4 is 5.32 Å². The first-order chi connectivity index (χ1) is 15.1. The zero-order valence-electron chi connectivity index (χ0n) is 16.8. The van der Waals surface area contributed by atoms with Gasteiger partial charge in [-0.15, -0.1) is 16.4 Å². The number of ether oxygens (including phenoxy) is 1. The number of carbonyl (C=O) groups excluding carboxylic acids is 2. The van der Waals surface area contributed by atoms with Crippen molar-refractivity contribution in [2.24, 2.45) is 0 Å². The van der Waals surface area contributed by atoms with Gasteiger partial charge >= 0.3 is 12.0 Å². The van der Waals surface area contributed by atoms with E-state index in [1.165, 1.54) is 11.3 Å². The minimum absolute atomic E-state index is 0.0248. The third-order valence-corrected chi connectivity index (χ3v) is 5.47. The lowest BCUT2D eigenvalue weighted by atomic mass is 10.1. The van der Waals surface area contributed by atoms with Crippen LogP contribution in [0.3, 0.4) is 0 Å². The SMILES string of the molecule is CCCCOC(=O)CNc1nnc(C(=O)c2nc3ccc(-c4ccccc4)cc3s2)o1. The molecule has 0 aliphatic carbocycles. The molecule has 158 valence electrons. The van der Waals surface area contributed by atoms with E-state index >= 15 is 0 Å². The van der Waals surface area contributed by atoms with Gasteiger partial charge in [0.1, 0.15) is 6.54 Å². The number of anilines is 1. The molecule has 31 heavy (non-hydrogen) atoms. The Balaban J connectivity index is 1.44. The monoisotopic (exact) mass is 436 g/mol. The highest BCUT2D eigenvalue weighted by Crippen LogP contribution is 2.29. The van der Waals surface area contributed by atoms with E-state index in [0.29, 0.717) is 6.61 Å². The summed E-state index contributed by atoms with van der Waals surface area (Å²) < 4.78 is 11.3. The van der Waals surface area contributed by atoms with Crippen LogP contribution in [0.1, 0.15) is 35.5 Å². The van der Waals surface area contributed by atoms with Gasteiger partial charge in [0.15, 0.2) is 5.01 Å². The average Bonchev–Trinajstić information content (AvgIpc) is 3.44. The molecule has 0 bridgehead atoms. The number of fused-ring (bicyclic) bond motifs is 1. The van der Waals surface area contributed by atoms with Crippen LogP contribution in [-0.2, 0) is 9.53 Å². The molecule has 0 radical (unpaired) electrons. The number of carbonyl (C=O) groups is 2. The molecular formula is C22H20N4O4S. The molecule has 0 unspecified atom stereocenters. The lowest BCUT2D eigenvalue weighted by molar-refractivity contribution is -0.141. The number of ketones is 1. The van der Waals surface area contributed by atoms with Gasteiger partial charge in [-0.05, 0) is 29.7 Å². The summed E-state index contributed by atoms with van der Waals surface area (Å²) >= 11 is 1.26. The Hall–Kier alpha value is -3.59. The molecule has 0 amide bonds. The van der Waals surface area contributed by atoms with Gasteiger partial charge in [-0.2, -0.15) is 0 Å². The number of unbranched alkanes of at least 4 members (excludes halogenated alkanes) is 1. The summed E-state index contributed by atoms with van der Waals surface area (Å²) in [6, 6.07) is 15.8. The number of esters is 1. The summed E-state index contributed by atoms with van der Waals surface area (Å²) in [5.41, 5.74) is 2.86. The first kappa shape index (κ1) is 20.7. The number of benzene rings is 2. The number of nitrogens with one attached hydrogen (secondary N) is 1. The van der Waals surface area contributed by atoms with Crippen LogP contribution in [0, 0.1) is 0 Å². The lowest BCUT2D eigenvalue weighted by Crippen LogP contribution is -2.17. The minimum atomic E-state index is -0.464. The maximum atomic E-state index is 12.7. The quantitative estimate of drug-likeness (QED) is 0.235. The number of nitrogens with zero attached hydrogens (tertiary/aromatic N) is 3. The molecule has 9 heteroatoms. The van der Waals surface area contributed by atoms with Crippen LogP contribution in [0.2, 0.25) is 0 Å². The molecule has 0 aliphatic rings. The van der Waals surface area contributed by atoms with Crippen molar-refractivity contribution in [3.63, 3.8) is 0 Å². The fraction of sp³-hybridized carbons (Fsp3) is 0.227. The van der Waals surface area contributed by atoms with E-state index in [0.717, 1.165) is 34.2 Å². The van der Waals surface area contributed by atoms with E-state index in [1.54, 1.807) is 0 Å². The highest BCUT2D eigenvalue weighted by Gasteiger charge is 2.21. The summed E-state index contributed by atoms with van der Waals surface area (Å²) in [6.07, 6.45) is 1.75. The Morgan fingerprint density at radius 2 is 1.94 bits per heavy atom. The maximum Gasteiger partial charge on any atom is 0.325 e. The molecule has 4 aromatic rings. The number of thiazole rings is 1. The first-order valence-electron chi connectivity index (χ1n) is 9.87. The molecule has 0 atom stereocenters. The van der Waals surface area contributed by atoms with Crippen molar-refractivity contribution >= 4 is 39.3 Å². The van der Waals surface area contributed by atoms with E-state index in [9.17, 15) is 9.59 Å². The summed E-state index contributed by atoms with van der Waals surface area (Å²) in [5, 5.41) is 10.5. The van der Waals surface area contributed by atoms with Crippen molar-refractivity contribution in [2.75, 3.05) is 18.5 Å². The number of hydrogen-bond acceptors (Lipinski definition) is 9. The van der Waals surface area contributed by atoms with Gasteiger partial charge < -0.3 is 14.5 Å². The number of aromatic nitrogens is 3. The summed E-state index contributed by atoms with van der Waals surface area (Å²) in [6.45, 7) is 2.26. The molecule has 1 N–H and O–H groups in total. The van der Waals surface area contributed by atoms with E-state index < -0.39 is 11.8 Å². The molecule has 4 rings (SSSR count). The fourth-order valence-electron chi connectivity index (χ4n) is 2.84. The first-order valence-corrected chi connectivity index (χ1v) is 10.7. The van der Waals surface area contributed by atoms with Gasteiger partial charge in [-0.3, -0.25) is 9.59 Å². The van der Waals surface area contributed by atoms with Crippen LogP contribution in [0.4, 0.5) is 6.01 Å². The second-order valence-electron chi connectivity index (χ2n) is 6.74. The number of rotatable bonds is 9. The Bertz CT molecular complexity index is 1200.